The Hall–Kier alpha value is -3.29. The molecule has 2 heterocycles. The van der Waals surface area contributed by atoms with Crippen LogP contribution in [0, 0.1) is 16.0 Å². The summed E-state index contributed by atoms with van der Waals surface area (Å²) in [6, 6.07) is 7.66. The molecule has 1 aliphatic rings. The number of ether oxygens (including phenoxy) is 1. The molecule has 0 bridgehead atoms. The number of esters is 1. The zero-order chi connectivity index (χ0) is 19.7. The van der Waals surface area contributed by atoms with Crippen molar-refractivity contribution in [1.82, 2.24) is 9.88 Å². The Morgan fingerprint density at radius 2 is 1.96 bits per heavy atom. The zero-order valence-electron chi connectivity index (χ0n) is 15.2. The summed E-state index contributed by atoms with van der Waals surface area (Å²) < 4.78 is 4.86. The minimum atomic E-state index is -0.653. The van der Waals surface area contributed by atoms with E-state index in [0.717, 1.165) is 11.1 Å². The molecule has 27 heavy (non-hydrogen) atoms. The molecule has 0 saturated carbocycles. The highest BCUT2D eigenvalue weighted by Gasteiger charge is 2.38. The van der Waals surface area contributed by atoms with E-state index in [-0.39, 0.29) is 17.6 Å². The second-order valence-electron chi connectivity index (χ2n) is 6.68. The third-order valence-corrected chi connectivity index (χ3v) is 4.62. The van der Waals surface area contributed by atoms with E-state index in [9.17, 15) is 19.7 Å². The number of hydrogen-bond acceptors (Lipinski definition) is 6. The van der Waals surface area contributed by atoms with Crippen LogP contribution < -0.4 is 0 Å². The molecule has 3 rings (SSSR count). The monoisotopic (exact) mass is 369 g/mol. The van der Waals surface area contributed by atoms with Crippen molar-refractivity contribution in [3.8, 4) is 11.1 Å². The Bertz CT molecular complexity index is 908. The van der Waals surface area contributed by atoms with Crippen molar-refractivity contribution < 1.29 is 19.2 Å². The maximum atomic E-state index is 12.9. The smallest absolute Gasteiger partial charge is 0.363 e. The van der Waals surface area contributed by atoms with Crippen molar-refractivity contribution in [2.75, 3.05) is 7.11 Å². The number of hydrogen-bond donors (Lipinski definition) is 0. The lowest BCUT2D eigenvalue weighted by atomic mass is 10.0. The van der Waals surface area contributed by atoms with Crippen LogP contribution in [0.25, 0.3) is 11.1 Å². The van der Waals surface area contributed by atoms with E-state index in [1.54, 1.807) is 12.1 Å². The normalized spacial score (nSPS) is 14.2. The van der Waals surface area contributed by atoms with Gasteiger partial charge in [-0.05, 0) is 39.1 Å². The van der Waals surface area contributed by atoms with Crippen LogP contribution in [0.2, 0.25) is 0 Å². The molecular formula is C19H19N3O5. The van der Waals surface area contributed by atoms with E-state index in [2.05, 4.69) is 4.98 Å². The zero-order valence-corrected chi connectivity index (χ0v) is 15.2. The fourth-order valence-electron chi connectivity index (χ4n) is 3.27. The number of benzene rings is 1. The van der Waals surface area contributed by atoms with Gasteiger partial charge in [0.2, 0.25) is 0 Å². The molecule has 0 saturated heterocycles. The summed E-state index contributed by atoms with van der Waals surface area (Å²) >= 11 is 0. The predicted octanol–water partition coefficient (Wildman–Crippen LogP) is 2.81. The van der Waals surface area contributed by atoms with Crippen LogP contribution in [0.15, 0.2) is 36.5 Å². The molecule has 8 heteroatoms. The van der Waals surface area contributed by atoms with E-state index in [1.807, 2.05) is 26.0 Å². The lowest BCUT2D eigenvalue weighted by Crippen LogP contribution is -2.45. The SMILES string of the molecule is COC(=O)C(C(C)C)N1Cc2ccc(-c3ccc([N+](=O)[O-])nc3)cc2C1=O. The predicted molar refractivity (Wildman–Crippen MR) is 96.8 cm³/mol. The van der Waals surface area contributed by atoms with Crippen molar-refractivity contribution in [2.45, 2.75) is 26.4 Å². The van der Waals surface area contributed by atoms with Gasteiger partial charge in [0, 0.05) is 23.7 Å². The van der Waals surface area contributed by atoms with E-state index in [0.29, 0.717) is 17.7 Å². The standard InChI is InChI=1S/C19H19N3O5/c1-11(2)17(19(24)27-3)21-10-14-5-4-12(8-15(14)18(21)23)13-6-7-16(20-9-13)22(25)26/h4-9,11,17H,10H2,1-3H3. The first-order valence-electron chi connectivity index (χ1n) is 8.46. The summed E-state index contributed by atoms with van der Waals surface area (Å²) in [5.74, 6) is -0.995. The van der Waals surface area contributed by atoms with Gasteiger partial charge in [-0.25, -0.2) is 4.79 Å². The van der Waals surface area contributed by atoms with Crippen molar-refractivity contribution >= 4 is 17.7 Å². The topological polar surface area (TPSA) is 103 Å². The Kier molecular flexibility index (Phi) is 4.89. The van der Waals surface area contributed by atoms with Crippen LogP contribution in [-0.2, 0) is 16.1 Å². The fourth-order valence-corrected chi connectivity index (χ4v) is 3.27. The number of nitrogens with zero attached hydrogens (tertiary/aromatic N) is 3. The maximum absolute atomic E-state index is 12.9. The first-order valence-corrected chi connectivity index (χ1v) is 8.46. The van der Waals surface area contributed by atoms with E-state index < -0.39 is 16.9 Å². The van der Waals surface area contributed by atoms with Gasteiger partial charge < -0.3 is 19.8 Å². The minimum Gasteiger partial charge on any atom is -0.467 e. The van der Waals surface area contributed by atoms with Gasteiger partial charge in [-0.1, -0.05) is 26.0 Å². The maximum Gasteiger partial charge on any atom is 0.363 e. The van der Waals surface area contributed by atoms with Crippen molar-refractivity contribution in [3.63, 3.8) is 0 Å². The number of amides is 1. The third kappa shape index (κ3) is 3.38. The molecule has 0 aliphatic carbocycles. The largest absolute Gasteiger partial charge is 0.467 e. The molecule has 1 aromatic carbocycles. The van der Waals surface area contributed by atoms with Gasteiger partial charge in [0.05, 0.1) is 7.11 Å². The van der Waals surface area contributed by atoms with Gasteiger partial charge in [-0.15, -0.1) is 0 Å². The van der Waals surface area contributed by atoms with Gasteiger partial charge in [-0.3, -0.25) is 4.79 Å². The second kappa shape index (κ2) is 7.14. The summed E-state index contributed by atoms with van der Waals surface area (Å²) in [7, 11) is 1.31. The minimum absolute atomic E-state index is 0.0888. The Balaban J connectivity index is 1.92. The molecule has 0 spiro atoms. The van der Waals surface area contributed by atoms with Crippen LogP contribution in [0.1, 0.15) is 29.8 Å². The van der Waals surface area contributed by atoms with Gasteiger partial charge in [-0.2, -0.15) is 0 Å². The van der Waals surface area contributed by atoms with Gasteiger partial charge in [0.25, 0.3) is 5.91 Å². The highest BCUT2D eigenvalue weighted by molar-refractivity contribution is 6.01. The summed E-state index contributed by atoms with van der Waals surface area (Å²) in [4.78, 5) is 40.5. The first-order chi connectivity index (χ1) is 12.8. The second-order valence-corrected chi connectivity index (χ2v) is 6.68. The molecule has 8 nitrogen and oxygen atoms in total. The van der Waals surface area contributed by atoms with Crippen LogP contribution in [0.3, 0.4) is 0 Å². The highest BCUT2D eigenvalue weighted by Crippen LogP contribution is 2.31. The van der Waals surface area contributed by atoms with Gasteiger partial charge in [0.15, 0.2) is 0 Å². The van der Waals surface area contributed by atoms with Crippen molar-refractivity contribution in [2.24, 2.45) is 5.92 Å². The molecule has 1 aliphatic heterocycles. The van der Waals surface area contributed by atoms with Crippen LogP contribution in [-0.4, -0.2) is 39.8 Å². The summed E-state index contributed by atoms with van der Waals surface area (Å²) in [6.07, 6.45) is 1.41. The molecule has 2 aromatic rings. The lowest BCUT2D eigenvalue weighted by molar-refractivity contribution is -0.389. The summed E-state index contributed by atoms with van der Waals surface area (Å²) in [6.45, 7) is 4.07. The molecule has 0 radical (unpaired) electrons. The van der Waals surface area contributed by atoms with Crippen LogP contribution in [0.5, 0.6) is 0 Å². The van der Waals surface area contributed by atoms with Crippen molar-refractivity contribution in [3.05, 3.63) is 57.8 Å². The Labute approximate surface area is 155 Å². The number of carbonyl (C=O) groups excluding carboxylic acids is 2. The molecule has 140 valence electrons. The number of rotatable bonds is 5. The van der Waals surface area contributed by atoms with Gasteiger partial charge in [0.1, 0.15) is 12.2 Å². The molecular weight excluding hydrogens is 350 g/mol. The van der Waals surface area contributed by atoms with E-state index in [4.69, 9.17) is 4.74 Å². The fraction of sp³-hybridized carbons (Fsp3) is 0.316. The molecule has 0 N–H and O–H groups in total. The Morgan fingerprint density at radius 1 is 1.26 bits per heavy atom. The van der Waals surface area contributed by atoms with E-state index in [1.165, 1.54) is 24.3 Å². The molecule has 1 aromatic heterocycles. The highest BCUT2D eigenvalue weighted by atomic mass is 16.6. The molecule has 0 fully saturated rings. The van der Waals surface area contributed by atoms with E-state index >= 15 is 0 Å². The van der Waals surface area contributed by atoms with Crippen LogP contribution >= 0.6 is 0 Å². The average molecular weight is 369 g/mol. The molecule has 1 atom stereocenters. The summed E-state index contributed by atoms with van der Waals surface area (Å²) in [5.41, 5.74) is 2.74. The number of carbonyl (C=O) groups is 2. The third-order valence-electron chi connectivity index (χ3n) is 4.62. The quantitative estimate of drug-likeness (QED) is 0.456. The average Bonchev–Trinajstić information content (AvgIpc) is 2.97. The number of fused-ring (bicyclic) bond motifs is 1. The Morgan fingerprint density at radius 3 is 2.52 bits per heavy atom. The lowest BCUT2D eigenvalue weighted by Gasteiger charge is -2.28. The number of aromatic nitrogens is 1. The number of pyridine rings is 1. The van der Waals surface area contributed by atoms with Crippen molar-refractivity contribution in [1.29, 1.82) is 0 Å². The summed E-state index contributed by atoms with van der Waals surface area (Å²) in [5, 5.41) is 10.7. The number of methoxy groups -OCH3 is 1. The molecule has 1 amide bonds. The van der Waals surface area contributed by atoms with Gasteiger partial charge >= 0.3 is 11.8 Å². The first kappa shape index (κ1) is 18.5. The molecule has 1 unspecified atom stereocenters. The number of nitro groups is 1. The van der Waals surface area contributed by atoms with Crippen LogP contribution in [0.4, 0.5) is 5.82 Å².